The second kappa shape index (κ2) is 9.00. The molecule has 8 heteroatoms. The van der Waals surface area contributed by atoms with Gasteiger partial charge in [0.05, 0.1) is 11.1 Å². The molecule has 2 aromatic carbocycles. The number of thiophene rings is 1. The van der Waals surface area contributed by atoms with Crippen molar-refractivity contribution in [3.05, 3.63) is 87.6 Å². The molecule has 0 spiro atoms. The summed E-state index contributed by atoms with van der Waals surface area (Å²) in [6.45, 7) is 0. The van der Waals surface area contributed by atoms with Gasteiger partial charge >= 0.3 is 0 Å². The number of nitrogens with one attached hydrogen (secondary N) is 2. The number of anilines is 2. The van der Waals surface area contributed by atoms with E-state index in [1.807, 2.05) is 53.9 Å². The van der Waals surface area contributed by atoms with Crippen molar-refractivity contribution in [3.63, 3.8) is 0 Å². The molecule has 0 aliphatic rings. The van der Waals surface area contributed by atoms with Gasteiger partial charge in [0.1, 0.15) is 10.7 Å². The van der Waals surface area contributed by atoms with E-state index < -0.39 is 0 Å². The largest absolute Gasteiger partial charge is 0.311 e. The van der Waals surface area contributed by atoms with Crippen LogP contribution in [-0.2, 0) is 0 Å². The minimum Gasteiger partial charge on any atom is -0.311 e. The van der Waals surface area contributed by atoms with Gasteiger partial charge in [-0.05, 0) is 29.1 Å². The van der Waals surface area contributed by atoms with Crippen LogP contribution in [0.1, 0.15) is 15.2 Å². The number of benzene rings is 2. The lowest BCUT2D eigenvalue weighted by atomic mass is 10.1. The van der Waals surface area contributed by atoms with Gasteiger partial charge in [-0.3, -0.25) is 10.2 Å². The van der Waals surface area contributed by atoms with Crippen molar-refractivity contribution in [2.75, 3.05) is 10.7 Å². The maximum Gasteiger partial charge on any atom is 0.266 e. The summed E-state index contributed by atoms with van der Waals surface area (Å²) < 4.78 is 0. The van der Waals surface area contributed by atoms with Crippen molar-refractivity contribution in [1.82, 2.24) is 4.98 Å². The molecule has 0 bridgehead atoms. The number of carbonyl (C=O) groups excluding carboxylic acids is 1. The Labute approximate surface area is 180 Å². The fraction of sp³-hybridized carbons (Fsp3) is 0. The molecule has 1 amide bonds. The number of hydrogen-bond acceptors (Lipinski definition) is 6. The number of nitrogens with zero attached hydrogens (tertiary/aromatic N) is 2. The average Bonchev–Trinajstić information content (AvgIpc) is 3.40. The van der Waals surface area contributed by atoms with E-state index in [0.717, 1.165) is 11.1 Å². The van der Waals surface area contributed by atoms with Crippen LogP contribution in [0.25, 0.3) is 11.3 Å². The lowest BCUT2D eigenvalue weighted by molar-refractivity contribution is 0.103. The van der Waals surface area contributed by atoms with Crippen molar-refractivity contribution in [2.24, 2.45) is 5.10 Å². The number of thiazole rings is 1. The Bertz CT molecular complexity index is 1120. The fourth-order valence-electron chi connectivity index (χ4n) is 2.53. The molecule has 0 atom stereocenters. The Balaban J connectivity index is 1.60. The topological polar surface area (TPSA) is 66.4 Å². The van der Waals surface area contributed by atoms with E-state index in [1.165, 1.54) is 22.7 Å². The number of halogens is 1. The monoisotopic (exact) mass is 438 g/mol. The molecule has 0 aliphatic carbocycles. The number of aromatic nitrogens is 1. The number of rotatable bonds is 6. The summed E-state index contributed by atoms with van der Waals surface area (Å²) in [5.41, 5.74) is 5.43. The number of hydrazone groups is 1. The highest BCUT2D eigenvalue weighted by Gasteiger charge is 2.17. The molecule has 0 unspecified atom stereocenters. The first-order valence-electron chi connectivity index (χ1n) is 8.65. The summed E-state index contributed by atoms with van der Waals surface area (Å²) in [6.07, 6.45) is 1.72. The zero-order valence-corrected chi connectivity index (χ0v) is 17.4. The van der Waals surface area contributed by atoms with Gasteiger partial charge in [-0.25, -0.2) is 4.98 Å². The van der Waals surface area contributed by atoms with Crippen LogP contribution in [0.3, 0.4) is 0 Å². The van der Waals surface area contributed by atoms with Gasteiger partial charge in [-0.15, -0.1) is 11.3 Å². The van der Waals surface area contributed by atoms with Crippen molar-refractivity contribution in [3.8, 4) is 11.3 Å². The molecule has 0 saturated carbocycles. The lowest BCUT2D eigenvalue weighted by Gasteiger charge is -2.04. The molecule has 0 aliphatic heterocycles. The van der Waals surface area contributed by atoms with Crippen molar-refractivity contribution < 1.29 is 4.79 Å². The van der Waals surface area contributed by atoms with Crippen molar-refractivity contribution in [2.45, 2.75) is 0 Å². The molecular weight excluding hydrogens is 424 g/mol. The van der Waals surface area contributed by atoms with Gasteiger partial charge in [-0.1, -0.05) is 71.5 Å². The fourth-order valence-corrected chi connectivity index (χ4v) is 4.11. The highest BCUT2D eigenvalue weighted by atomic mass is 35.5. The zero-order chi connectivity index (χ0) is 20.1. The molecule has 0 saturated heterocycles. The van der Waals surface area contributed by atoms with Gasteiger partial charge in [-0.2, -0.15) is 5.10 Å². The van der Waals surface area contributed by atoms with E-state index in [9.17, 15) is 4.79 Å². The van der Waals surface area contributed by atoms with Crippen LogP contribution < -0.4 is 10.7 Å². The smallest absolute Gasteiger partial charge is 0.266 e. The Kier molecular flexibility index (Phi) is 6.00. The molecule has 2 aromatic heterocycles. The summed E-state index contributed by atoms with van der Waals surface area (Å²) in [4.78, 5) is 17.8. The van der Waals surface area contributed by atoms with E-state index in [4.69, 9.17) is 11.6 Å². The standard InChI is InChI=1S/C21H15ClN4OS2/c22-16-10-8-15(9-11-16)18-20(25-19(27)17-7-4-12-28-17)29-21(24-18)26-23-13-14-5-2-1-3-6-14/h1-13H,(H,24,26)(H,25,27). The van der Waals surface area contributed by atoms with Crippen LogP contribution in [0.4, 0.5) is 10.1 Å². The van der Waals surface area contributed by atoms with Gasteiger partial charge in [0.15, 0.2) is 0 Å². The molecule has 4 rings (SSSR count). The summed E-state index contributed by atoms with van der Waals surface area (Å²) >= 11 is 8.72. The first kappa shape index (κ1) is 19.3. The van der Waals surface area contributed by atoms with Gasteiger partial charge < -0.3 is 5.32 Å². The predicted octanol–water partition coefficient (Wildman–Crippen LogP) is 6.22. The van der Waals surface area contributed by atoms with Crippen LogP contribution in [0, 0.1) is 0 Å². The summed E-state index contributed by atoms with van der Waals surface area (Å²) in [6, 6.07) is 20.7. The Morgan fingerprint density at radius 2 is 1.83 bits per heavy atom. The minimum atomic E-state index is -0.168. The maximum absolute atomic E-state index is 12.5. The van der Waals surface area contributed by atoms with Crippen molar-refractivity contribution in [1.29, 1.82) is 0 Å². The molecule has 0 radical (unpaired) electrons. The SMILES string of the molecule is O=C(Nc1sc(NN=Cc2ccccc2)nc1-c1ccc(Cl)cc1)c1cccs1. The van der Waals surface area contributed by atoms with E-state index in [1.54, 1.807) is 24.4 Å². The third-order valence-electron chi connectivity index (χ3n) is 3.89. The van der Waals surface area contributed by atoms with Crippen LogP contribution in [0.15, 0.2) is 77.2 Å². The highest BCUT2D eigenvalue weighted by molar-refractivity contribution is 7.20. The number of carbonyl (C=O) groups is 1. The second-order valence-corrected chi connectivity index (χ2v) is 8.30. The predicted molar refractivity (Wildman–Crippen MR) is 122 cm³/mol. The normalized spacial score (nSPS) is 10.9. The quantitative estimate of drug-likeness (QED) is 0.277. The summed E-state index contributed by atoms with van der Waals surface area (Å²) in [5, 5.41) is 10.9. The Morgan fingerprint density at radius 3 is 2.55 bits per heavy atom. The first-order chi connectivity index (χ1) is 14.2. The molecule has 2 N–H and O–H groups in total. The van der Waals surface area contributed by atoms with Crippen molar-refractivity contribution >= 4 is 56.5 Å². The first-order valence-corrected chi connectivity index (χ1v) is 10.7. The number of hydrogen-bond donors (Lipinski definition) is 2. The third-order valence-corrected chi connectivity index (χ3v) is 5.89. The third kappa shape index (κ3) is 4.89. The number of amides is 1. The Hall–Kier alpha value is -3.00. The summed E-state index contributed by atoms with van der Waals surface area (Å²) in [5.74, 6) is -0.168. The average molecular weight is 439 g/mol. The van der Waals surface area contributed by atoms with E-state index in [0.29, 0.717) is 25.7 Å². The van der Waals surface area contributed by atoms with Crippen LogP contribution in [0.2, 0.25) is 5.02 Å². The molecule has 5 nitrogen and oxygen atoms in total. The zero-order valence-electron chi connectivity index (χ0n) is 15.0. The van der Waals surface area contributed by atoms with Gasteiger partial charge in [0.2, 0.25) is 5.13 Å². The van der Waals surface area contributed by atoms with Gasteiger partial charge in [0.25, 0.3) is 5.91 Å². The molecule has 0 fully saturated rings. The maximum atomic E-state index is 12.5. The van der Waals surface area contributed by atoms with Gasteiger partial charge in [0, 0.05) is 10.6 Å². The molecule has 144 valence electrons. The van der Waals surface area contributed by atoms with E-state index >= 15 is 0 Å². The molecular formula is C21H15ClN4OS2. The van der Waals surface area contributed by atoms with E-state index in [-0.39, 0.29) is 5.91 Å². The molecule has 2 heterocycles. The highest BCUT2D eigenvalue weighted by Crippen LogP contribution is 2.36. The second-order valence-electron chi connectivity index (χ2n) is 5.92. The molecule has 4 aromatic rings. The minimum absolute atomic E-state index is 0.168. The lowest BCUT2D eigenvalue weighted by Crippen LogP contribution is -2.09. The summed E-state index contributed by atoms with van der Waals surface area (Å²) in [7, 11) is 0. The van der Waals surface area contributed by atoms with Crippen LogP contribution in [0.5, 0.6) is 0 Å². The van der Waals surface area contributed by atoms with Crippen LogP contribution >= 0.6 is 34.3 Å². The molecule has 29 heavy (non-hydrogen) atoms. The van der Waals surface area contributed by atoms with E-state index in [2.05, 4.69) is 20.8 Å². The van der Waals surface area contributed by atoms with Crippen LogP contribution in [-0.4, -0.2) is 17.1 Å². The Morgan fingerprint density at radius 1 is 1.03 bits per heavy atom.